The van der Waals surface area contributed by atoms with Crippen LogP contribution < -0.4 is 4.74 Å². The number of aliphatic hydroxyl groups is 1. The highest BCUT2D eigenvalue weighted by atomic mass is 16.5. The van der Waals surface area contributed by atoms with Gasteiger partial charge in [-0.25, -0.2) is 4.68 Å². The van der Waals surface area contributed by atoms with Crippen LogP contribution in [0, 0.1) is 0 Å². The molecule has 1 aromatic carbocycles. The van der Waals surface area contributed by atoms with Crippen molar-refractivity contribution in [2.45, 2.75) is 45.8 Å². The summed E-state index contributed by atoms with van der Waals surface area (Å²) in [7, 11) is 0. The zero-order chi connectivity index (χ0) is 14.9. The van der Waals surface area contributed by atoms with E-state index in [0.717, 1.165) is 43.7 Å². The van der Waals surface area contributed by atoms with Crippen LogP contribution in [0.15, 0.2) is 30.3 Å². The first-order chi connectivity index (χ1) is 10.3. The van der Waals surface area contributed by atoms with Crippen LogP contribution in [0.1, 0.15) is 37.6 Å². The number of ether oxygens (including phenoxy) is 1. The van der Waals surface area contributed by atoms with E-state index in [0.29, 0.717) is 12.3 Å². The lowest BCUT2D eigenvalue weighted by Gasteiger charge is -2.08. The summed E-state index contributed by atoms with van der Waals surface area (Å²) in [4.78, 5) is 0. The van der Waals surface area contributed by atoms with Crippen LogP contribution in [-0.4, -0.2) is 26.7 Å². The van der Waals surface area contributed by atoms with Crippen LogP contribution in [0.4, 0.5) is 0 Å². The maximum absolute atomic E-state index is 9.31. The molecule has 0 saturated heterocycles. The molecule has 0 aliphatic rings. The molecule has 0 unspecified atom stereocenters. The van der Waals surface area contributed by atoms with E-state index in [1.807, 2.05) is 35.0 Å². The Bertz CT molecular complexity index is 526. The predicted octanol–water partition coefficient (Wildman–Crippen LogP) is 2.58. The van der Waals surface area contributed by atoms with Crippen molar-refractivity contribution in [1.29, 1.82) is 0 Å². The molecule has 0 spiro atoms. The first kappa shape index (κ1) is 15.5. The fourth-order valence-corrected chi connectivity index (χ4v) is 2.21. The molecule has 2 aromatic rings. The summed E-state index contributed by atoms with van der Waals surface area (Å²) in [5.74, 6) is 0.887. The van der Waals surface area contributed by atoms with Crippen LogP contribution in [0.25, 0.3) is 0 Å². The number of rotatable bonds is 9. The van der Waals surface area contributed by atoms with Gasteiger partial charge in [-0.15, -0.1) is 5.10 Å². The van der Waals surface area contributed by atoms with E-state index in [9.17, 15) is 5.11 Å². The van der Waals surface area contributed by atoms with Gasteiger partial charge in [-0.2, -0.15) is 0 Å². The molecule has 5 nitrogen and oxygen atoms in total. The van der Waals surface area contributed by atoms with Crippen molar-refractivity contribution >= 4 is 0 Å². The zero-order valence-corrected chi connectivity index (χ0v) is 12.5. The van der Waals surface area contributed by atoms with E-state index in [1.54, 1.807) is 0 Å². The van der Waals surface area contributed by atoms with E-state index >= 15 is 0 Å². The SMILES string of the molecule is CCCCc1c(CO)nnn1CCCOc1ccccc1. The maximum Gasteiger partial charge on any atom is 0.119 e. The standard InChI is InChI=1S/C16H23N3O2/c1-2-3-10-16-15(13-20)17-18-19(16)11-7-12-21-14-8-5-4-6-9-14/h4-6,8-9,20H,2-3,7,10-13H2,1H3. The van der Waals surface area contributed by atoms with Crippen molar-refractivity contribution in [3.63, 3.8) is 0 Å². The predicted molar refractivity (Wildman–Crippen MR) is 81.1 cm³/mol. The first-order valence-electron chi connectivity index (χ1n) is 7.55. The number of unbranched alkanes of at least 4 members (excludes halogenated alkanes) is 1. The second-order valence-electron chi connectivity index (χ2n) is 4.98. The van der Waals surface area contributed by atoms with Crippen LogP contribution in [0.5, 0.6) is 5.75 Å². The van der Waals surface area contributed by atoms with Crippen molar-refractivity contribution < 1.29 is 9.84 Å². The maximum atomic E-state index is 9.31. The third-order valence-corrected chi connectivity index (χ3v) is 3.36. The number of aliphatic hydroxyl groups excluding tert-OH is 1. The summed E-state index contributed by atoms with van der Waals surface area (Å²) in [5.41, 5.74) is 1.76. The van der Waals surface area contributed by atoms with Crippen molar-refractivity contribution in [2.24, 2.45) is 0 Å². The highest BCUT2D eigenvalue weighted by Gasteiger charge is 2.11. The molecule has 5 heteroatoms. The molecule has 21 heavy (non-hydrogen) atoms. The molecule has 0 amide bonds. The topological polar surface area (TPSA) is 60.2 Å². The number of aromatic nitrogens is 3. The Hall–Kier alpha value is -1.88. The molecule has 1 heterocycles. The number of benzene rings is 1. The number of para-hydroxylation sites is 1. The molecule has 0 saturated carbocycles. The van der Waals surface area contributed by atoms with Gasteiger partial charge in [-0.3, -0.25) is 0 Å². The normalized spacial score (nSPS) is 10.8. The minimum atomic E-state index is -0.0421. The van der Waals surface area contributed by atoms with E-state index in [4.69, 9.17) is 4.74 Å². The summed E-state index contributed by atoms with van der Waals surface area (Å²) < 4.78 is 7.57. The third kappa shape index (κ3) is 4.56. The van der Waals surface area contributed by atoms with Gasteiger partial charge in [0.05, 0.1) is 18.9 Å². The minimum absolute atomic E-state index is 0.0421. The molecule has 0 aliphatic heterocycles. The van der Waals surface area contributed by atoms with Crippen LogP contribution >= 0.6 is 0 Å². The fraction of sp³-hybridized carbons (Fsp3) is 0.500. The van der Waals surface area contributed by atoms with E-state index in [1.165, 1.54) is 0 Å². The van der Waals surface area contributed by atoms with Gasteiger partial charge in [0.1, 0.15) is 11.4 Å². The fourth-order valence-electron chi connectivity index (χ4n) is 2.21. The Labute approximate surface area is 125 Å². The lowest BCUT2D eigenvalue weighted by atomic mass is 10.1. The summed E-state index contributed by atoms with van der Waals surface area (Å²) >= 11 is 0. The largest absolute Gasteiger partial charge is 0.494 e. The average molecular weight is 289 g/mol. The first-order valence-corrected chi connectivity index (χ1v) is 7.55. The van der Waals surface area contributed by atoms with E-state index in [-0.39, 0.29) is 6.61 Å². The Balaban J connectivity index is 1.83. The highest BCUT2D eigenvalue weighted by molar-refractivity contribution is 5.20. The Morgan fingerprint density at radius 1 is 1.19 bits per heavy atom. The Morgan fingerprint density at radius 2 is 2.00 bits per heavy atom. The van der Waals surface area contributed by atoms with Crippen molar-refractivity contribution in [3.05, 3.63) is 41.7 Å². The lowest BCUT2D eigenvalue weighted by molar-refractivity contribution is 0.275. The van der Waals surface area contributed by atoms with Crippen LogP contribution in [-0.2, 0) is 19.6 Å². The Morgan fingerprint density at radius 3 is 2.71 bits per heavy atom. The van der Waals surface area contributed by atoms with Gasteiger partial charge in [0, 0.05) is 13.0 Å². The molecule has 0 radical (unpaired) electrons. The minimum Gasteiger partial charge on any atom is -0.494 e. The third-order valence-electron chi connectivity index (χ3n) is 3.36. The number of hydrogen-bond donors (Lipinski definition) is 1. The van der Waals surface area contributed by atoms with Gasteiger partial charge in [0.15, 0.2) is 0 Å². The zero-order valence-electron chi connectivity index (χ0n) is 12.5. The second-order valence-corrected chi connectivity index (χ2v) is 4.98. The molecule has 1 N–H and O–H groups in total. The molecule has 0 bridgehead atoms. The second kappa shape index (κ2) is 8.42. The number of hydrogen-bond acceptors (Lipinski definition) is 4. The number of aryl methyl sites for hydroxylation is 1. The van der Waals surface area contributed by atoms with Gasteiger partial charge < -0.3 is 9.84 Å². The molecular formula is C16H23N3O2. The summed E-state index contributed by atoms with van der Waals surface area (Å²) in [6, 6.07) is 9.79. The van der Waals surface area contributed by atoms with Gasteiger partial charge in [0.2, 0.25) is 0 Å². The summed E-state index contributed by atoms with van der Waals surface area (Å²) in [6.45, 7) is 3.52. The Kier molecular flexibility index (Phi) is 6.22. The molecule has 0 fully saturated rings. The lowest BCUT2D eigenvalue weighted by Crippen LogP contribution is -2.10. The molecule has 0 atom stereocenters. The van der Waals surface area contributed by atoms with Gasteiger partial charge >= 0.3 is 0 Å². The molecule has 1 aromatic heterocycles. The van der Waals surface area contributed by atoms with Crippen LogP contribution in [0.2, 0.25) is 0 Å². The monoisotopic (exact) mass is 289 g/mol. The smallest absolute Gasteiger partial charge is 0.119 e. The summed E-state index contributed by atoms with van der Waals surface area (Å²) in [6.07, 6.45) is 3.98. The highest BCUT2D eigenvalue weighted by Crippen LogP contribution is 2.12. The van der Waals surface area contributed by atoms with Crippen LogP contribution in [0.3, 0.4) is 0 Å². The van der Waals surface area contributed by atoms with Gasteiger partial charge in [-0.1, -0.05) is 36.8 Å². The van der Waals surface area contributed by atoms with E-state index in [2.05, 4.69) is 17.2 Å². The molecule has 114 valence electrons. The average Bonchev–Trinajstić information content (AvgIpc) is 2.92. The molecule has 2 rings (SSSR count). The quantitative estimate of drug-likeness (QED) is 0.721. The summed E-state index contributed by atoms with van der Waals surface area (Å²) in [5, 5.41) is 17.5. The van der Waals surface area contributed by atoms with Crippen molar-refractivity contribution in [3.8, 4) is 5.75 Å². The van der Waals surface area contributed by atoms with Crippen molar-refractivity contribution in [1.82, 2.24) is 15.0 Å². The van der Waals surface area contributed by atoms with E-state index < -0.39 is 0 Å². The molecular weight excluding hydrogens is 266 g/mol. The molecule has 0 aliphatic carbocycles. The number of nitrogens with zero attached hydrogens (tertiary/aromatic N) is 3. The van der Waals surface area contributed by atoms with Gasteiger partial charge in [0.25, 0.3) is 0 Å². The van der Waals surface area contributed by atoms with Gasteiger partial charge in [-0.05, 0) is 25.0 Å². The van der Waals surface area contributed by atoms with Crippen molar-refractivity contribution in [2.75, 3.05) is 6.61 Å².